The molecule has 0 aliphatic carbocycles. The third-order valence-corrected chi connectivity index (χ3v) is 13.8. The molecule has 3 aliphatic heterocycles. The van der Waals surface area contributed by atoms with Crippen LogP contribution in [0.3, 0.4) is 0 Å². The van der Waals surface area contributed by atoms with Crippen molar-refractivity contribution in [1.82, 2.24) is 36.4 Å². The summed E-state index contributed by atoms with van der Waals surface area (Å²) in [5, 5.41) is 112. The summed E-state index contributed by atoms with van der Waals surface area (Å²) in [6.45, 7) is 5.33. The Morgan fingerprint density at radius 3 is 1.97 bits per heavy atom. The number of rotatable bonds is 13. The van der Waals surface area contributed by atoms with Gasteiger partial charge in [0.15, 0.2) is 6.23 Å². The summed E-state index contributed by atoms with van der Waals surface area (Å²) in [5.74, 6) is -8.80. The lowest BCUT2D eigenvalue weighted by Gasteiger charge is -2.34. The summed E-state index contributed by atoms with van der Waals surface area (Å²) in [6, 6.07) is 2.95. The van der Waals surface area contributed by atoms with Crippen molar-refractivity contribution in [3.8, 4) is 11.5 Å². The predicted molar refractivity (Wildman–Crippen MR) is 265 cm³/mol. The van der Waals surface area contributed by atoms with Gasteiger partial charge in [0, 0.05) is 37.4 Å². The fourth-order valence-electron chi connectivity index (χ4n) is 9.44. The molecule has 24 nitrogen and oxygen atoms in total. The van der Waals surface area contributed by atoms with Crippen LogP contribution in [0.1, 0.15) is 88.2 Å². The number of benzene rings is 3. The number of hydrogen-bond acceptors (Lipinski definition) is 17. The highest BCUT2D eigenvalue weighted by atomic mass is 16.5. The number of fused-ring (bicyclic) bond motifs is 3. The Kier molecular flexibility index (Phi) is 19.5. The molecule has 14 N–H and O–H groups in total. The number of phenolic OH excluding ortho intramolecular Hbond substituents is 1. The number of unbranched alkanes of at least 4 members (excludes halogenated alkanes) is 3. The van der Waals surface area contributed by atoms with Crippen LogP contribution in [-0.2, 0) is 28.8 Å². The van der Waals surface area contributed by atoms with Gasteiger partial charge in [0.2, 0.25) is 35.4 Å². The second-order valence-electron chi connectivity index (χ2n) is 19.7. The molecule has 7 amide bonds. The molecule has 3 fully saturated rings. The molecule has 0 bridgehead atoms. The van der Waals surface area contributed by atoms with E-state index in [1.54, 1.807) is 24.3 Å². The van der Waals surface area contributed by atoms with Gasteiger partial charge in [-0.25, -0.2) is 0 Å². The molecule has 3 aliphatic rings. The van der Waals surface area contributed by atoms with Crippen LogP contribution in [0, 0.1) is 5.92 Å². The zero-order chi connectivity index (χ0) is 55.0. The van der Waals surface area contributed by atoms with E-state index in [2.05, 4.69) is 33.5 Å². The number of amides is 7. The monoisotopic (exact) mass is 1050 g/mol. The number of nitrogens with zero attached hydrogens (tertiary/aromatic N) is 2. The summed E-state index contributed by atoms with van der Waals surface area (Å²) in [4.78, 5) is 101. The quantitative estimate of drug-likeness (QED) is 0.0774. The number of carbonyl (C=O) groups excluding carboxylic acids is 7. The molecule has 0 spiro atoms. The Morgan fingerprint density at radius 1 is 0.707 bits per heavy atom. The molecule has 3 heterocycles. The van der Waals surface area contributed by atoms with Crippen molar-refractivity contribution in [2.24, 2.45) is 5.92 Å². The van der Waals surface area contributed by atoms with Crippen LogP contribution in [0.4, 0.5) is 0 Å². The first kappa shape index (κ1) is 57.8. The average Bonchev–Trinajstić information content (AvgIpc) is 3.92. The number of aliphatic hydroxyl groups excluding tert-OH is 8. The van der Waals surface area contributed by atoms with E-state index in [0.29, 0.717) is 23.1 Å². The molecule has 6 rings (SSSR count). The zero-order valence-corrected chi connectivity index (χ0v) is 42.0. The smallest absolute Gasteiger partial charge is 0.251 e. The van der Waals surface area contributed by atoms with E-state index < -0.39 is 152 Å². The fraction of sp³-hybridized carbons (Fsp3) is 0.549. The van der Waals surface area contributed by atoms with Crippen LogP contribution >= 0.6 is 0 Å². The predicted octanol–water partition coefficient (Wildman–Crippen LogP) is -2.72. The van der Waals surface area contributed by atoms with E-state index in [-0.39, 0.29) is 23.4 Å². The minimum atomic E-state index is -2.29. The van der Waals surface area contributed by atoms with Gasteiger partial charge in [-0.05, 0) is 73.0 Å². The van der Waals surface area contributed by atoms with Crippen LogP contribution in [-0.4, -0.2) is 196 Å². The maximum Gasteiger partial charge on any atom is 0.251 e. The van der Waals surface area contributed by atoms with Gasteiger partial charge >= 0.3 is 0 Å². The summed E-state index contributed by atoms with van der Waals surface area (Å²) in [7, 11) is 0. The van der Waals surface area contributed by atoms with E-state index in [9.17, 15) is 79.5 Å². The Balaban J connectivity index is 1.36. The van der Waals surface area contributed by atoms with Crippen molar-refractivity contribution in [2.75, 3.05) is 19.7 Å². The molecule has 75 heavy (non-hydrogen) atoms. The molecule has 0 unspecified atom stereocenters. The van der Waals surface area contributed by atoms with Gasteiger partial charge in [0.1, 0.15) is 66.1 Å². The first-order chi connectivity index (χ1) is 35.5. The second-order valence-corrected chi connectivity index (χ2v) is 19.7. The minimum absolute atomic E-state index is 0.0221. The van der Waals surface area contributed by atoms with Gasteiger partial charge in [0.05, 0.1) is 31.0 Å². The van der Waals surface area contributed by atoms with Gasteiger partial charge in [-0.15, -0.1) is 0 Å². The Hall–Kier alpha value is -6.51. The van der Waals surface area contributed by atoms with Crippen LogP contribution in [0.2, 0.25) is 0 Å². The molecule has 0 saturated carbocycles. The Bertz CT molecular complexity index is 2530. The van der Waals surface area contributed by atoms with Crippen LogP contribution in [0.5, 0.6) is 11.5 Å². The number of hydrogen-bond donors (Lipinski definition) is 14. The minimum Gasteiger partial charge on any atom is -0.508 e. The largest absolute Gasteiger partial charge is 0.508 e. The summed E-state index contributed by atoms with van der Waals surface area (Å²) >= 11 is 0. The first-order valence-corrected chi connectivity index (χ1v) is 25.0. The molecular formula is C51H69N7O17. The van der Waals surface area contributed by atoms with Crippen molar-refractivity contribution in [2.45, 2.75) is 151 Å². The first-order valence-electron chi connectivity index (χ1n) is 25.0. The van der Waals surface area contributed by atoms with Crippen LogP contribution in [0.25, 0.3) is 10.8 Å². The number of carbonyl (C=O) groups is 7. The SMILES string of the molecule is CCCCCCOc1ccc2cc(C(=O)N[C@H]3C[C@@H](O)[C@H](O)NC(=O)[C@@H]4[C@@H](O)[C@@H](C)CN4C(=O)[C@H]([C@@H](C)O)NC(=O)[C@H]([C@H](O)[C@@H](O)c4ccc(O)cc4)NC(=O)[C@@H]4C[C@@H](O)CN4C(=O)[C@H]([C@@H](C)O)NC3=O)ccc2c1. The molecule has 15 atom stereocenters. The van der Waals surface area contributed by atoms with E-state index in [1.165, 1.54) is 31.2 Å². The fourth-order valence-corrected chi connectivity index (χ4v) is 9.44. The van der Waals surface area contributed by atoms with Crippen LogP contribution in [0.15, 0.2) is 60.7 Å². The second kappa shape index (κ2) is 25.3. The molecular weight excluding hydrogens is 983 g/mol. The summed E-state index contributed by atoms with van der Waals surface area (Å²) in [6.07, 6.45) is -12.6. The van der Waals surface area contributed by atoms with E-state index >= 15 is 0 Å². The van der Waals surface area contributed by atoms with Crippen molar-refractivity contribution < 1.29 is 84.3 Å². The van der Waals surface area contributed by atoms with Crippen molar-refractivity contribution in [1.29, 1.82) is 0 Å². The Morgan fingerprint density at radius 2 is 1.32 bits per heavy atom. The van der Waals surface area contributed by atoms with Crippen LogP contribution < -0.4 is 31.3 Å². The molecule has 0 radical (unpaired) electrons. The lowest BCUT2D eigenvalue weighted by atomic mass is 9.96. The van der Waals surface area contributed by atoms with Gasteiger partial charge in [-0.3, -0.25) is 33.6 Å². The highest BCUT2D eigenvalue weighted by Gasteiger charge is 2.50. The average molecular weight is 1050 g/mol. The maximum absolute atomic E-state index is 14.4. The molecule has 3 aromatic carbocycles. The Labute approximate surface area is 432 Å². The van der Waals surface area contributed by atoms with Gasteiger partial charge < -0.3 is 87.1 Å². The van der Waals surface area contributed by atoms with Crippen molar-refractivity contribution in [3.63, 3.8) is 0 Å². The topological polar surface area (TPSA) is 377 Å². The molecule has 0 aromatic heterocycles. The van der Waals surface area contributed by atoms with E-state index in [1.807, 2.05) is 0 Å². The number of ether oxygens (including phenoxy) is 1. The lowest BCUT2D eigenvalue weighted by Crippen LogP contribution is -2.64. The van der Waals surface area contributed by atoms with Crippen molar-refractivity contribution >= 4 is 52.1 Å². The lowest BCUT2D eigenvalue weighted by molar-refractivity contribution is -0.148. The van der Waals surface area contributed by atoms with Crippen molar-refractivity contribution in [3.05, 3.63) is 71.8 Å². The number of aromatic hydroxyl groups is 1. The highest BCUT2D eigenvalue weighted by Crippen LogP contribution is 2.28. The molecule has 3 aromatic rings. The number of phenols is 1. The van der Waals surface area contributed by atoms with E-state index in [4.69, 9.17) is 4.74 Å². The standard InChI is InChI=1S/C51H69N7O17/c1-5-6-7-8-17-75-33-16-13-28-18-30(10-9-29(28)19-33)44(67)52-34-21-36(63)47(70)56-49(72)40-41(64)24(2)22-58(40)51(74)38(26(4)60)54-48(71)39(43(66)42(65)27-11-14-31(61)15-12-27)55-46(69)35-20-32(62)23-57(35)50(73)37(25(3)59)53-45(34)68/h9-16,18-19,24-26,32,34-43,47,59-66,70H,5-8,17,20-23H2,1-4H3,(H,52,67)(H,53,68)(H,54,71)(H,55,69)(H,56,72)/t24-,25+,26+,32+,34-,35-,36+,37-,38-,39-,40-,41-,42-,43-,47-/m0/s1. The maximum atomic E-state index is 14.4. The third-order valence-electron chi connectivity index (χ3n) is 13.8. The van der Waals surface area contributed by atoms with Gasteiger partial charge in [0.25, 0.3) is 5.91 Å². The zero-order valence-electron chi connectivity index (χ0n) is 42.0. The normalized spacial score (nSPS) is 29.1. The third kappa shape index (κ3) is 13.9. The molecule has 410 valence electrons. The number of nitrogens with one attached hydrogen (secondary N) is 5. The molecule has 3 saturated heterocycles. The molecule has 24 heteroatoms. The summed E-state index contributed by atoms with van der Waals surface area (Å²) < 4.78 is 5.90. The summed E-state index contributed by atoms with van der Waals surface area (Å²) in [5.41, 5.74) is -0.0500. The number of aliphatic hydroxyl groups is 8. The van der Waals surface area contributed by atoms with E-state index in [0.717, 1.165) is 61.5 Å². The van der Waals surface area contributed by atoms with Gasteiger partial charge in [-0.1, -0.05) is 57.4 Å². The van der Waals surface area contributed by atoms with Gasteiger partial charge in [-0.2, -0.15) is 0 Å². The highest BCUT2D eigenvalue weighted by molar-refractivity contribution is 6.02.